The van der Waals surface area contributed by atoms with Crippen molar-refractivity contribution >= 4 is 12.1 Å². The molecule has 5 heteroatoms. The predicted octanol–water partition coefficient (Wildman–Crippen LogP) is 2.01. The first-order chi connectivity index (χ1) is 8.26. The van der Waals surface area contributed by atoms with Crippen LogP contribution in [0.5, 0.6) is 0 Å². The Morgan fingerprint density at radius 3 is 2.39 bits per heavy atom. The van der Waals surface area contributed by atoms with Crippen LogP contribution in [0.25, 0.3) is 0 Å². The van der Waals surface area contributed by atoms with Gasteiger partial charge in [-0.3, -0.25) is 4.79 Å². The van der Waals surface area contributed by atoms with Crippen molar-refractivity contribution in [1.29, 1.82) is 0 Å². The Bertz CT molecular complexity index is 360. The number of hydrogen-bond donors (Lipinski definition) is 2. The highest BCUT2D eigenvalue weighted by Gasteiger charge is 2.49. The molecule has 2 rings (SSSR count). The molecule has 2 aliphatic rings. The fourth-order valence-corrected chi connectivity index (χ4v) is 3.26. The second-order valence-corrected chi connectivity index (χ2v) is 6.43. The molecule has 18 heavy (non-hydrogen) atoms. The number of rotatable bonds is 2. The number of ether oxygens (including phenoxy) is 1. The quantitative estimate of drug-likeness (QED) is 0.791. The van der Waals surface area contributed by atoms with E-state index in [4.69, 9.17) is 9.84 Å². The molecule has 1 amide bonds. The summed E-state index contributed by atoms with van der Waals surface area (Å²) >= 11 is 0. The van der Waals surface area contributed by atoms with Crippen molar-refractivity contribution in [3.63, 3.8) is 0 Å². The molecule has 0 radical (unpaired) electrons. The third-order valence-electron chi connectivity index (χ3n) is 3.83. The van der Waals surface area contributed by atoms with E-state index in [0.29, 0.717) is 5.92 Å². The van der Waals surface area contributed by atoms with Gasteiger partial charge in [0, 0.05) is 6.04 Å². The third-order valence-corrected chi connectivity index (χ3v) is 3.83. The van der Waals surface area contributed by atoms with E-state index >= 15 is 0 Å². The Balaban J connectivity index is 1.92. The number of carboxylic acid groups (broad SMARTS) is 1. The van der Waals surface area contributed by atoms with Gasteiger partial charge in [0.1, 0.15) is 5.60 Å². The van der Waals surface area contributed by atoms with Crippen molar-refractivity contribution in [3.8, 4) is 0 Å². The molecule has 0 saturated heterocycles. The Morgan fingerprint density at radius 1 is 1.22 bits per heavy atom. The van der Waals surface area contributed by atoms with Crippen LogP contribution < -0.4 is 5.32 Å². The summed E-state index contributed by atoms with van der Waals surface area (Å²) in [5.41, 5.74) is -0.520. The van der Waals surface area contributed by atoms with Crippen molar-refractivity contribution in [2.24, 2.45) is 17.8 Å². The van der Waals surface area contributed by atoms with Gasteiger partial charge in [0.15, 0.2) is 0 Å². The van der Waals surface area contributed by atoms with Crippen molar-refractivity contribution in [3.05, 3.63) is 0 Å². The molecule has 0 aliphatic heterocycles. The molecular weight excluding hydrogens is 234 g/mol. The summed E-state index contributed by atoms with van der Waals surface area (Å²) in [6.07, 6.45) is 2.11. The largest absolute Gasteiger partial charge is 0.481 e. The first-order valence-electron chi connectivity index (χ1n) is 6.48. The van der Waals surface area contributed by atoms with Gasteiger partial charge in [-0.15, -0.1) is 0 Å². The van der Waals surface area contributed by atoms with E-state index < -0.39 is 17.7 Å². The molecule has 2 aliphatic carbocycles. The van der Waals surface area contributed by atoms with E-state index in [1.807, 2.05) is 20.8 Å². The van der Waals surface area contributed by atoms with Gasteiger partial charge in [-0.05, 0) is 51.9 Å². The molecule has 0 aromatic rings. The van der Waals surface area contributed by atoms with Crippen LogP contribution in [0.2, 0.25) is 0 Å². The first-order valence-corrected chi connectivity index (χ1v) is 6.48. The summed E-state index contributed by atoms with van der Waals surface area (Å²) in [5.74, 6) is -0.530. The monoisotopic (exact) mass is 255 g/mol. The van der Waals surface area contributed by atoms with Crippen molar-refractivity contribution in [2.45, 2.75) is 51.7 Å². The first kappa shape index (κ1) is 13.2. The lowest BCUT2D eigenvalue weighted by molar-refractivity contribution is -0.143. The van der Waals surface area contributed by atoms with Gasteiger partial charge in [-0.1, -0.05) is 0 Å². The molecular formula is C13H21NO4. The molecule has 0 aromatic heterocycles. The Kier molecular flexibility index (Phi) is 3.25. The highest BCUT2D eigenvalue weighted by Crippen LogP contribution is 2.48. The number of hydrogen-bond acceptors (Lipinski definition) is 3. The minimum Gasteiger partial charge on any atom is -0.481 e. The van der Waals surface area contributed by atoms with Gasteiger partial charge in [0.25, 0.3) is 0 Å². The summed E-state index contributed by atoms with van der Waals surface area (Å²) in [7, 11) is 0. The number of carbonyl (C=O) groups is 2. The fourth-order valence-electron chi connectivity index (χ4n) is 3.26. The lowest BCUT2D eigenvalue weighted by Gasteiger charge is -2.29. The molecule has 102 valence electrons. The summed E-state index contributed by atoms with van der Waals surface area (Å²) in [6, 6.07) is -0.0419. The zero-order valence-corrected chi connectivity index (χ0v) is 11.1. The van der Waals surface area contributed by atoms with E-state index in [1.165, 1.54) is 0 Å². The molecule has 2 saturated carbocycles. The van der Waals surface area contributed by atoms with Crippen molar-refractivity contribution in [2.75, 3.05) is 0 Å². The van der Waals surface area contributed by atoms with Crippen LogP contribution in [-0.2, 0) is 9.53 Å². The van der Waals surface area contributed by atoms with Crippen molar-refractivity contribution < 1.29 is 19.4 Å². The van der Waals surface area contributed by atoms with Crippen LogP contribution in [0.1, 0.15) is 40.0 Å². The minimum atomic E-state index is -0.738. The Morgan fingerprint density at radius 2 is 1.89 bits per heavy atom. The number of alkyl carbamates (subject to hydrolysis) is 1. The second-order valence-electron chi connectivity index (χ2n) is 6.43. The van der Waals surface area contributed by atoms with Gasteiger partial charge in [-0.2, -0.15) is 0 Å². The van der Waals surface area contributed by atoms with Gasteiger partial charge in [0.05, 0.1) is 5.92 Å². The van der Waals surface area contributed by atoms with E-state index in [2.05, 4.69) is 5.32 Å². The number of amides is 1. The number of nitrogens with one attached hydrogen (secondary N) is 1. The SMILES string of the molecule is CC(C)(C)OC(=O)NC1CC2CC(C(=O)O)C1C2. The summed E-state index contributed by atoms with van der Waals surface area (Å²) in [4.78, 5) is 22.8. The van der Waals surface area contributed by atoms with Gasteiger partial charge in [0.2, 0.25) is 0 Å². The Labute approximate surface area is 107 Å². The van der Waals surface area contributed by atoms with Crippen LogP contribution in [0.15, 0.2) is 0 Å². The molecule has 0 aromatic carbocycles. The number of carbonyl (C=O) groups excluding carboxylic acids is 1. The predicted molar refractivity (Wildman–Crippen MR) is 65.1 cm³/mol. The molecule has 0 heterocycles. The van der Waals surface area contributed by atoms with Crippen LogP contribution >= 0.6 is 0 Å². The average Bonchev–Trinajstić information content (AvgIpc) is 2.72. The van der Waals surface area contributed by atoms with E-state index in [9.17, 15) is 9.59 Å². The Hall–Kier alpha value is -1.26. The van der Waals surface area contributed by atoms with E-state index in [1.54, 1.807) is 0 Å². The smallest absolute Gasteiger partial charge is 0.407 e. The topological polar surface area (TPSA) is 75.6 Å². The normalized spacial score (nSPS) is 34.4. The zero-order chi connectivity index (χ0) is 13.5. The van der Waals surface area contributed by atoms with E-state index in [0.717, 1.165) is 19.3 Å². The number of carboxylic acids is 1. The van der Waals surface area contributed by atoms with E-state index in [-0.39, 0.29) is 17.9 Å². The third kappa shape index (κ3) is 2.76. The molecule has 0 spiro atoms. The van der Waals surface area contributed by atoms with Crippen LogP contribution in [-0.4, -0.2) is 28.8 Å². The summed E-state index contributed by atoms with van der Waals surface area (Å²) in [5, 5.41) is 12.0. The molecule has 2 bridgehead atoms. The fraction of sp³-hybridized carbons (Fsp3) is 0.846. The van der Waals surface area contributed by atoms with Crippen LogP contribution in [0.4, 0.5) is 4.79 Å². The standard InChI is InChI=1S/C13H21NO4/c1-13(2,3)18-12(17)14-10-6-7-4-8(10)9(5-7)11(15)16/h7-10H,4-6H2,1-3H3,(H,14,17)(H,15,16). The highest BCUT2D eigenvalue weighted by atomic mass is 16.6. The highest BCUT2D eigenvalue weighted by molar-refractivity contribution is 5.72. The second kappa shape index (κ2) is 4.44. The lowest BCUT2D eigenvalue weighted by Crippen LogP contribution is -2.44. The molecule has 4 atom stereocenters. The lowest BCUT2D eigenvalue weighted by atomic mass is 9.85. The van der Waals surface area contributed by atoms with Gasteiger partial charge < -0.3 is 15.2 Å². The van der Waals surface area contributed by atoms with Crippen molar-refractivity contribution in [1.82, 2.24) is 5.32 Å². The maximum absolute atomic E-state index is 11.7. The molecule has 5 nitrogen and oxygen atoms in total. The number of aliphatic carboxylic acids is 1. The maximum Gasteiger partial charge on any atom is 0.407 e. The maximum atomic E-state index is 11.7. The zero-order valence-electron chi connectivity index (χ0n) is 11.1. The average molecular weight is 255 g/mol. The van der Waals surface area contributed by atoms with Crippen LogP contribution in [0, 0.1) is 17.8 Å². The molecule has 2 fully saturated rings. The van der Waals surface area contributed by atoms with Gasteiger partial charge in [-0.25, -0.2) is 4.79 Å². The van der Waals surface area contributed by atoms with Crippen LogP contribution in [0.3, 0.4) is 0 Å². The minimum absolute atomic E-state index is 0.0419. The van der Waals surface area contributed by atoms with Gasteiger partial charge >= 0.3 is 12.1 Å². The summed E-state index contributed by atoms with van der Waals surface area (Å²) in [6.45, 7) is 5.44. The number of fused-ring (bicyclic) bond motifs is 2. The molecule has 2 N–H and O–H groups in total. The molecule has 4 unspecified atom stereocenters. The summed E-state index contributed by atoms with van der Waals surface area (Å²) < 4.78 is 5.21.